The van der Waals surface area contributed by atoms with Gasteiger partial charge in [-0.15, -0.1) is 22.7 Å². The van der Waals surface area contributed by atoms with Gasteiger partial charge in [0.15, 0.2) is 0 Å². The zero-order valence-electron chi connectivity index (χ0n) is 10.5. The van der Waals surface area contributed by atoms with Gasteiger partial charge in [0.25, 0.3) is 5.56 Å². The van der Waals surface area contributed by atoms with Crippen LogP contribution in [0.1, 0.15) is 14.5 Å². The van der Waals surface area contributed by atoms with E-state index in [1.54, 1.807) is 10.6 Å². The molecule has 3 aromatic heterocycles. The summed E-state index contributed by atoms with van der Waals surface area (Å²) in [6.45, 7) is 0.404. The van der Waals surface area contributed by atoms with Crippen LogP contribution in [0, 0.1) is 0 Å². The highest BCUT2D eigenvalue weighted by atomic mass is 32.1. The average molecular weight is 306 g/mol. The zero-order chi connectivity index (χ0) is 14.1. The van der Waals surface area contributed by atoms with Crippen LogP contribution in [0.15, 0.2) is 34.7 Å². The van der Waals surface area contributed by atoms with E-state index in [0.717, 1.165) is 10.4 Å². The van der Waals surface area contributed by atoms with Gasteiger partial charge < -0.3 is 4.74 Å². The molecule has 0 atom stereocenters. The standard InChI is InChI=1S/C13H10N2O3S2/c1-18-13(17)10-3-2-8(20-10)6-15-7-14-9-4-5-19-11(9)12(15)16/h2-5,7H,6H2,1H3. The summed E-state index contributed by atoms with van der Waals surface area (Å²) >= 11 is 2.70. The lowest BCUT2D eigenvalue weighted by atomic mass is 10.4. The van der Waals surface area contributed by atoms with E-state index in [9.17, 15) is 9.59 Å². The minimum absolute atomic E-state index is 0.0574. The minimum Gasteiger partial charge on any atom is -0.465 e. The van der Waals surface area contributed by atoms with Gasteiger partial charge in [-0.3, -0.25) is 9.36 Å². The number of hydrogen-bond donors (Lipinski definition) is 0. The maximum atomic E-state index is 12.2. The van der Waals surface area contributed by atoms with Gasteiger partial charge in [0.2, 0.25) is 0 Å². The summed E-state index contributed by atoms with van der Waals surface area (Å²) in [5.74, 6) is -0.361. The summed E-state index contributed by atoms with van der Waals surface area (Å²) in [5, 5.41) is 1.85. The molecule has 0 unspecified atom stereocenters. The molecule has 0 bridgehead atoms. The number of thiophene rings is 2. The van der Waals surface area contributed by atoms with Gasteiger partial charge in [0, 0.05) is 4.88 Å². The van der Waals surface area contributed by atoms with Crippen LogP contribution in [0.3, 0.4) is 0 Å². The summed E-state index contributed by atoms with van der Waals surface area (Å²) in [6, 6.07) is 5.35. The van der Waals surface area contributed by atoms with Gasteiger partial charge in [-0.2, -0.15) is 0 Å². The second kappa shape index (κ2) is 5.18. The molecule has 0 fully saturated rings. The molecule has 7 heteroatoms. The van der Waals surface area contributed by atoms with E-state index in [1.165, 1.54) is 36.1 Å². The Morgan fingerprint density at radius 2 is 2.25 bits per heavy atom. The molecule has 3 heterocycles. The molecule has 102 valence electrons. The van der Waals surface area contributed by atoms with Gasteiger partial charge in [0.1, 0.15) is 9.58 Å². The van der Waals surface area contributed by atoms with E-state index in [-0.39, 0.29) is 11.5 Å². The summed E-state index contributed by atoms with van der Waals surface area (Å²) in [4.78, 5) is 29.3. The summed E-state index contributed by atoms with van der Waals surface area (Å²) in [7, 11) is 1.35. The highest BCUT2D eigenvalue weighted by Gasteiger charge is 2.11. The van der Waals surface area contributed by atoms with Crippen LogP contribution >= 0.6 is 22.7 Å². The van der Waals surface area contributed by atoms with Crippen molar-refractivity contribution >= 4 is 38.9 Å². The van der Waals surface area contributed by atoms with Gasteiger partial charge in [-0.1, -0.05) is 0 Å². The minimum atomic E-state index is -0.361. The molecule has 0 aliphatic rings. The Balaban J connectivity index is 1.93. The molecule has 0 aliphatic heterocycles. The Morgan fingerprint density at radius 1 is 1.40 bits per heavy atom. The lowest BCUT2D eigenvalue weighted by Crippen LogP contribution is -2.19. The largest absolute Gasteiger partial charge is 0.465 e. The number of carbonyl (C=O) groups excluding carboxylic acids is 1. The van der Waals surface area contributed by atoms with Crippen LogP contribution in [0.5, 0.6) is 0 Å². The molecule has 3 rings (SSSR count). The van der Waals surface area contributed by atoms with Crippen molar-refractivity contribution in [2.24, 2.45) is 0 Å². The smallest absolute Gasteiger partial charge is 0.348 e. The molecule has 0 aliphatic carbocycles. The molecule has 0 amide bonds. The fraction of sp³-hybridized carbons (Fsp3) is 0.154. The Labute approximate surface area is 122 Å². The van der Waals surface area contributed by atoms with Gasteiger partial charge >= 0.3 is 5.97 Å². The van der Waals surface area contributed by atoms with Gasteiger partial charge in [-0.25, -0.2) is 9.78 Å². The molecular formula is C13H10N2O3S2. The van der Waals surface area contributed by atoms with Crippen molar-refractivity contribution in [2.45, 2.75) is 6.54 Å². The first kappa shape index (κ1) is 13.0. The van der Waals surface area contributed by atoms with Crippen LogP contribution in [-0.4, -0.2) is 22.6 Å². The SMILES string of the molecule is COC(=O)c1ccc(Cn2cnc3ccsc3c2=O)s1. The summed E-state index contributed by atoms with van der Waals surface area (Å²) in [5.41, 5.74) is 0.663. The molecule has 0 N–H and O–H groups in total. The van der Waals surface area contributed by atoms with E-state index >= 15 is 0 Å². The molecule has 3 aromatic rings. The fourth-order valence-corrected chi connectivity index (χ4v) is 3.55. The van der Waals surface area contributed by atoms with Crippen LogP contribution in [0.25, 0.3) is 10.2 Å². The van der Waals surface area contributed by atoms with Crippen LogP contribution in [0.2, 0.25) is 0 Å². The van der Waals surface area contributed by atoms with Crippen molar-refractivity contribution in [1.82, 2.24) is 9.55 Å². The number of nitrogens with zero attached hydrogens (tertiary/aromatic N) is 2. The number of methoxy groups -OCH3 is 1. The second-order valence-corrected chi connectivity index (χ2v) is 6.15. The maximum absolute atomic E-state index is 12.2. The highest BCUT2D eigenvalue weighted by Crippen LogP contribution is 2.19. The Morgan fingerprint density at radius 3 is 3.05 bits per heavy atom. The Kier molecular flexibility index (Phi) is 3.37. The number of carbonyl (C=O) groups is 1. The number of esters is 1. The van der Waals surface area contributed by atoms with E-state index in [1.807, 2.05) is 17.5 Å². The zero-order valence-corrected chi connectivity index (χ0v) is 12.2. The molecular weight excluding hydrogens is 296 g/mol. The third-order valence-electron chi connectivity index (χ3n) is 2.81. The quantitative estimate of drug-likeness (QED) is 0.697. The normalized spacial score (nSPS) is 10.8. The molecule has 0 spiro atoms. The lowest BCUT2D eigenvalue weighted by molar-refractivity contribution is 0.0606. The van der Waals surface area contributed by atoms with E-state index in [2.05, 4.69) is 9.72 Å². The van der Waals surface area contributed by atoms with E-state index < -0.39 is 0 Å². The number of ether oxygens (including phenoxy) is 1. The highest BCUT2D eigenvalue weighted by molar-refractivity contribution is 7.17. The molecule has 0 saturated heterocycles. The topological polar surface area (TPSA) is 61.2 Å². The third-order valence-corrected chi connectivity index (χ3v) is 4.75. The predicted molar refractivity (Wildman–Crippen MR) is 78.6 cm³/mol. The first-order chi connectivity index (χ1) is 9.69. The molecule has 5 nitrogen and oxygen atoms in total. The van der Waals surface area contributed by atoms with Crippen molar-refractivity contribution < 1.29 is 9.53 Å². The van der Waals surface area contributed by atoms with Crippen molar-refractivity contribution in [3.8, 4) is 0 Å². The van der Waals surface area contributed by atoms with Crippen molar-refractivity contribution in [3.05, 3.63) is 50.0 Å². The van der Waals surface area contributed by atoms with Crippen molar-refractivity contribution in [1.29, 1.82) is 0 Å². The third kappa shape index (κ3) is 2.25. The predicted octanol–water partition coefficient (Wildman–Crippen LogP) is 2.35. The lowest BCUT2D eigenvalue weighted by Gasteiger charge is -2.02. The van der Waals surface area contributed by atoms with Crippen LogP contribution in [-0.2, 0) is 11.3 Å². The monoisotopic (exact) mass is 306 g/mol. The molecule has 0 saturated carbocycles. The van der Waals surface area contributed by atoms with Crippen molar-refractivity contribution in [3.63, 3.8) is 0 Å². The van der Waals surface area contributed by atoms with Crippen LogP contribution < -0.4 is 5.56 Å². The molecule has 20 heavy (non-hydrogen) atoms. The Hall–Kier alpha value is -1.99. The van der Waals surface area contributed by atoms with Crippen LogP contribution in [0.4, 0.5) is 0 Å². The maximum Gasteiger partial charge on any atom is 0.348 e. The number of fused-ring (bicyclic) bond motifs is 1. The van der Waals surface area contributed by atoms with E-state index in [4.69, 9.17) is 0 Å². The first-order valence-electron chi connectivity index (χ1n) is 5.78. The number of aromatic nitrogens is 2. The number of rotatable bonds is 3. The second-order valence-electron chi connectivity index (χ2n) is 4.07. The van der Waals surface area contributed by atoms with Crippen molar-refractivity contribution in [2.75, 3.05) is 7.11 Å². The van der Waals surface area contributed by atoms with Gasteiger partial charge in [-0.05, 0) is 23.6 Å². The summed E-state index contributed by atoms with van der Waals surface area (Å²) < 4.78 is 6.86. The first-order valence-corrected chi connectivity index (χ1v) is 7.48. The molecule has 0 aromatic carbocycles. The molecule has 0 radical (unpaired) electrons. The number of hydrogen-bond acceptors (Lipinski definition) is 6. The summed E-state index contributed by atoms with van der Waals surface area (Å²) in [6.07, 6.45) is 1.54. The average Bonchev–Trinajstić information content (AvgIpc) is 3.10. The fourth-order valence-electron chi connectivity index (χ4n) is 1.83. The Bertz CT molecular complexity index is 831. The van der Waals surface area contributed by atoms with E-state index in [0.29, 0.717) is 16.1 Å². The van der Waals surface area contributed by atoms with Gasteiger partial charge in [0.05, 0.1) is 25.5 Å².